The van der Waals surface area contributed by atoms with Crippen LogP contribution in [-0.2, 0) is 16.1 Å². The Bertz CT molecular complexity index is 745. The Morgan fingerprint density at radius 2 is 2.19 bits per heavy atom. The maximum atomic E-state index is 12.7. The number of amides is 2. The van der Waals surface area contributed by atoms with Crippen molar-refractivity contribution in [3.05, 3.63) is 56.7 Å². The summed E-state index contributed by atoms with van der Waals surface area (Å²) in [5.41, 5.74) is 0.524. The minimum absolute atomic E-state index is 0.0244. The standard InChI is InChI=1S/C19H21BrN2O3S/c20-15-5-1-4-14(10-15)19(24)21-11-18(23)22(12-16-6-2-8-25-16)13-17-7-3-9-26-17/h1,3-5,7,9-10,16H,2,6,8,11-13H2,(H,21,24). The van der Waals surface area contributed by atoms with Crippen LogP contribution >= 0.6 is 27.3 Å². The van der Waals surface area contributed by atoms with Gasteiger partial charge >= 0.3 is 0 Å². The molecule has 2 aromatic rings. The number of rotatable bonds is 7. The molecule has 5 nitrogen and oxygen atoms in total. The first-order valence-electron chi connectivity index (χ1n) is 8.57. The second kappa shape index (κ2) is 9.30. The fourth-order valence-electron chi connectivity index (χ4n) is 2.88. The molecule has 26 heavy (non-hydrogen) atoms. The van der Waals surface area contributed by atoms with Crippen LogP contribution < -0.4 is 5.32 Å². The lowest BCUT2D eigenvalue weighted by Crippen LogP contribution is -2.43. The molecule has 0 spiro atoms. The molecule has 0 bridgehead atoms. The summed E-state index contributed by atoms with van der Waals surface area (Å²) in [6.45, 7) is 1.83. The van der Waals surface area contributed by atoms with Crippen LogP contribution in [0.25, 0.3) is 0 Å². The molecular formula is C19H21BrN2O3S. The molecule has 1 saturated heterocycles. The molecule has 0 saturated carbocycles. The molecule has 7 heteroatoms. The fraction of sp³-hybridized carbons (Fsp3) is 0.368. The Balaban J connectivity index is 1.59. The van der Waals surface area contributed by atoms with Crippen LogP contribution in [-0.4, -0.2) is 42.5 Å². The lowest BCUT2D eigenvalue weighted by Gasteiger charge is -2.25. The number of hydrogen-bond acceptors (Lipinski definition) is 4. The van der Waals surface area contributed by atoms with Gasteiger partial charge in [0.05, 0.1) is 19.2 Å². The highest BCUT2D eigenvalue weighted by atomic mass is 79.9. The Morgan fingerprint density at radius 3 is 2.88 bits per heavy atom. The molecule has 2 amide bonds. The van der Waals surface area contributed by atoms with Crippen molar-refractivity contribution in [2.24, 2.45) is 0 Å². The van der Waals surface area contributed by atoms with Gasteiger partial charge in [-0.25, -0.2) is 0 Å². The normalized spacial score (nSPS) is 16.4. The number of nitrogens with one attached hydrogen (secondary N) is 1. The van der Waals surface area contributed by atoms with Gasteiger partial charge in [0.25, 0.3) is 5.91 Å². The molecule has 1 aromatic heterocycles. The predicted molar refractivity (Wildman–Crippen MR) is 105 cm³/mol. The van der Waals surface area contributed by atoms with Gasteiger partial charge in [-0.2, -0.15) is 0 Å². The third-order valence-corrected chi connectivity index (χ3v) is 5.57. The number of nitrogens with zero attached hydrogens (tertiary/aromatic N) is 1. The highest BCUT2D eigenvalue weighted by Gasteiger charge is 2.23. The average Bonchev–Trinajstić information content (AvgIpc) is 3.33. The topological polar surface area (TPSA) is 58.6 Å². The molecule has 1 aliphatic heterocycles. The minimum atomic E-state index is -0.257. The van der Waals surface area contributed by atoms with Crippen LogP contribution in [0.1, 0.15) is 28.1 Å². The van der Waals surface area contributed by atoms with Gasteiger partial charge < -0.3 is 15.0 Å². The summed E-state index contributed by atoms with van der Waals surface area (Å²) < 4.78 is 6.51. The van der Waals surface area contributed by atoms with Crippen molar-refractivity contribution in [3.8, 4) is 0 Å². The van der Waals surface area contributed by atoms with E-state index in [0.29, 0.717) is 18.7 Å². The Kier molecular flexibility index (Phi) is 6.82. The summed E-state index contributed by atoms with van der Waals surface area (Å²) in [4.78, 5) is 27.9. The van der Waals surface area contributed by atoms with Gasteiger partial charge in [0, 0.05) is 28.1 Å². The summed E-state index contributed by atoms with van der Waals surface area (Å²) in [6.07, 6.45) is 2.09. The van der Waals surface area contributed by atoms with Gasteiger partial charge in [-0.15, -0.1) is 11.3 Å². The average molecular weight is 437 g/mol. The van der Waals surface area contributed by atoms with E-state index in [1.165, 1.54) is 0 Å². The monoisotopic (exact) mass is 436 g/mol. The molecular weight excluding hydrogens is 416 g/mol. The van der Waals surface area contributed by atoms with Gasteiger partial charge in [-0.1, -0.05) is 28.1 Å². The Hall–Kier alpha value is -1.70. The molecule has 0 radical (unpaired) electrons. The van der Waals surface area contributed by atoms with E-state index in [0.717, 1.165) is 28.8 Å². The smallest absolute Gasteiger partial charge is 0.251 e. The zero-order valence-electron chi connectivity index (χ0n) is 14.3. The molecule has 1 aromatic carbocycles. The number of halogens is 1. The predicted octanol–water partition coefficient (Wildman–Crippen LogP) is 3.45. The number of carbonyl (C=O) groups excluding carboxylic acids is 2. The van der Waals surface area contributed by atoms with E-state index in [1.807, 2.05) is 23.6 Å². The first kappa shape index (κ1) is 19.1. The highest BCUT2D eigenvalue weighted by molar-refractivity contribution is 9.10. The van der Waals surface area contributed by atoms with E-state index < -0.39 is 0 Å². The van der Waals surface area contributed by atoms with Crippen molar-refractivity contribution in [2.75, 3.05) is 19.7 Å². The van der Waals surface area contributed by atoms with E-state index in [4.69, 9.17) is 4.74 Å². The third-order valence-electron chi connectivity index (χ3n) is 4.21. The van der Waals surface area contributed by atoms with Crippen molar-refractivity contribution in [2.45, 2.75) is 25.5 Å². The lowest BCUT2D eigenvalue weighted by molar-refractivity contribution is -0.132. The van der Waals surface area contributed by atoms with E-state index in [-0.39, 0.29) is 24.5 Å². The zero-order valence-corrected chi connectivity index (χ0v) is 16.7. The summed E-state index contributed by atoms with van der Waals surface area (Å²) in [5.74, 6) is -0.356. The van der Waals surface area contributed by atoms with Crippen molar-refractivity contribution < 1.29 is 14.3 Å². The van der Waals surface area contributed by atoms with Gasteiger partial charge in [0.2, 0.25) is 5.91 Å². The number of carbonyl (C=O) groups is 2. The van der Waals surface area contributed by atoms with Crippen LogP contribution in [0.15, 0.2) is 46.3 Å². The van der Waals surface area contributed by atoms with Crippen LogP contribution in [0, 0.1) is 0 Å². The van der Waals surface area contributed by atoms with E-state index in [1.54, 1.807) is 34.4 Å². The largest absolute Gasteiger partial charge is 0.376 e. The van der Waals surface area contributed by atoms with Crippen molar-refractivity contribution in [1.82, 2.24) is 10.2 Å². The summed E-state index contributed by atoms with van der Waals surface area (Å²) in [6, 6.07) is 11.1. The van der Waals surface area contributed by atoms with E-state index >= 15 is 0 Å². The van der Waals surface area contributed by atoms with Crippen LogP contribution in [0.3, 0.4) is 0 Å². The lowest BCUT2D eigenvalue weighted by atomic mass is 10.2. The van der Waals surface area contributed by atoms with Crippen molar-refractivity contribution in [1.29, 1.82) is 0 Å². The second-order valence-electron chi connectivity index (χ2n) is 6.18. The Labute approximate surface area is 165 Å². The zero-order chi connectivity index (χ0) is 18.4. The summed E-state index contributed by atoms with van der Waals surface area (Å²) in [5, 5.41) is 4.72. The maximum absolute atomic E-state index is 12.7. The summed E-state index contributed by atoms with van der Waals surface area (Å²) >= 11 is 4.97. The second-order valence-corrected chi connectivity index (χ2v) is 8.13. The SMILES string of the molecule is O=C(NCC(=O)N(Cc1cccs1)CC1CCCO1)c1cccc(Br)c1. The minimum Gasteiger partial charge on any atom is -0.376 e. The van der Waals surface area contributed by atoms with Gasteiger partial charge in [0.15, 0.2) is 0 Å². The molecule has 1 N–H and O–H groups in total. The van der Waals surface area contributed by atoms with E-state index in [9.17, 15) is 9.59 Å². The highest BCUT2D eigenvalue weighted by Crippen LogP contribution is 2.17. The fourth-order valence-corrected chi connectivity index (χ4v) is 4.00. The number of benzene rings is 1. The summed E-state index contributed by atoms with van der Waals surface area (Å²) in [7, 11) is 0. The molecule has 1 aliphatic rings. The Morgan fingerprint density at radius 1 is 1.31 bits per heavy atom. The molecule has 1 fully saturated rings. The van der Waals surface area contributed by atoms with Gasteiger partial charge in [-0.05, 0) is 42.5 Å². The number of ether oxygens (including phenoxy) is 1. The van der Waals surface area contributed by atoms with E-state index in [2.05, 4.69) is 21.2 Å². The molecule has 1 atom stereocenters. The quantitative estimate of drug-likeness (QED) is 0.722. The first-order valence-corrected chi connectivity index (χ1v) is 10.2. The molecule has 2 heterocycles. The van der Waals surface area contributed by atoms with Gasteiger partial charge in [0.1, 0.15) is 0 Å². The number of hydrogen-bond donors (Lipinski definition) is 1. The molecule has 0 aliphatic carbocycles. The van der Waals surface area contributed by atoms with Crippen LogP contribution in [0.2, 0.25) is 0 Å². The van der Waals surface area contributed by atoms with Crippen LogP contribution in [0.4, 0.5) is 0 Å². The third kappa shape index (κ3) is 5.40. The molecule has 1 unspecified atom stereocenters. The molecule has 3 rings (SSSR count). The molecule has 138 valence electrons. The first-order chi connectivity index (χ1) is 12.6. The van der Waals surface area contributed by atoms with Crippen LogP contribution in [0.5, 0.6) is 0 Å². The number of thiophene rings is 1. The maximum Gasteiger partial charge on any atom is 0.251 e. The van der Waals surface area contributed by atoms with Crippen molar-refractivity contribution in [3.63, 3.8) is 0 Å². The van der Waals surface area contributed by atoms with Gasteiger partial charge in [-0.3, -0.25) is 9.59 Å². The van der Waals surface area contributed by atoms with Crippen molar-refractivity contribution >= 4 is 39.1 Å².